The molecular formula is C14H22N2O2. The first-order valence-corrected chi connectivity index (χ1v) is 6.70. The van der Waals surface area contributed by atoms with Crippen LogP contribution in [0.4, 0.5) is 0 Å². The van der Waals surface area contributed by atoms with Gasteiger partial charge >= 0.3 is 0 Å². The number of hydrogen-bond donors (Lipinski definition) is 1. The van der Waals surface area contributed by atoms with E-state index in [4.69, 9.17) is 0 Å². The lowest BCUT2D eigenvalue weighted by molar-refractivity contribution is -0.163. The lowest BCUT2D eigenvalue weighted by Crippen LogP contribution is -2.74. The van der Waals surface area contributed by atoms with Gasteiger partial charge in [-0.05, 0) is 26.7 Å². The molecule has 2 rings (SSSR count). The van der Waals surface area contributed by atoms with Crippen LogP contribution in [0.25, 0.3) is 0 Å². The fourth-order valence-corrected chi connectivity index (χ4v) is 3.13. The number of hydrogen-bond acceptors (Lipinski definition) is 2. The van der Waals surface area contributed by atoms with Crippen molar-refractivity contribution in [2.75, 3.05) is 6.54 Å². The summed E-state index contributed by atoms with van der Waals surface area (Å²) < 4.78 is 0. The molecule has 2 fully saturated rings. The summed E-state index contributed by atoms with van der Waals surface area (Å²) in [6.07, 6.45) is 6.42. The van der Waals surface area contributed by atoms with Gasteiger partial charge in [0.1, 0.15) is 11.1 Å². The normalized spacial score (nSPS) is 26.0. The highest BCUT2D eigenvalue weighted by molar-refractivity contribution is 6.02. The van der Waals surface area contributed by atoms with Gasteiger partial charge in [-0.2, -0.15) is 0 Å². The van der Waals surface area contributed by atoms with Crippen LogP contribution in [0.3, 0.4) is 0 Å². The quantitative estimate of drug-likeness (QED) is 0.757. The summed E-state index contributed by atoms with van der Waals surface area (Å²) in [6, 6.07) is 0. The molecule has 1 heterocycles. The molecule has 0 aromatic rings. The average molecular weight is 250 g/mol. The first-order chi connectivity index (χ1) is 8.44. The van der Waals surface area contributed by atoms with Gasteiger partial charge in [0.2, 0.25) is 11.8 Å². The van der Waals surface area contributed by atoms with Gasteiger partial charge < -0.3 is 10.2 Å². The van der Waals surface area contributed by atoms with E-state index in [1.165, 1.54) is 0 Å². The minimum Gasteiger partial charge on any atom is -0.340 e. The summed E-state index contributed by atoms with van der Waals surface area (Å²) in [6.45, 7) is 7.69. The smallest absolute Gasteiger partial charge is 0.248 e. The van der Waals surface area contributed by atoms with Crippen molar-refractivity contribution in [2.45, 2.75) is 57.0 Å². The van der Waals surface area contributed by atoms with Gasteiger partial charge in [-0.25, -0.2) is 0 Å². The molecule has 4 heteroatoms. The number of nitrogens with zero attached hydrogens (tertiary/aromatic N) is 1. The van der Waals surface area contributed by atoms with E-state index in [-0.39, 0.29) is 11.8 Å². The summed E-state index contributed by atoms with van der Waals surface area (Å²) in [5, 5.41) is 2.89. The molecule has 2 aliphatic rings. The Labute approximate surface area is 108 Å². The third-order valence-corrected chi connectivity index (χ3v) is 4.14. The summed E-state index contributed by atoms with van der Waals surface area (Å²) in [4.78, 5) is 26.7. The highest BCUT2D eigenvalue weighted by Crippen LogP contribution is 2.38. The zero-order valence-electron chi connectivity index (χ0n) is 11.3. The molecule has 1 N–H and O–H groups in total. The number of piperazine rings is 1. The van der Waals surface area contributed by atoms with Crippen LogP contribution in [0.15, 0.2) is 12.7 Å². The van der Waals surface area contributed by atoms with Crippen molar-refractivity contribution in [3.05, 3.63) is 12.7 Å². The van der Waals surface area contributed by atoms with Crippen molar-refractivity contribution >= 4 is 11.8 Å². The van der Waals surface area contributed by atoms with Gasteiger partial charge in [-0.15, -0.1) is 6.58 Å². The molecule has 1 aliphatic heterocycles. The lowest BCUT2D eigenvalue weighted by Gasteiger charge is -2.52. The highest BCUT2D eigenvalue weighted by atomic mass is 16.2. The van der Waals surface area contributed by atoms with Crippen molar-refractivity contribution < 1.29 is 9.59 Å². The van der Waals surface area contributed by atoms with E-state index in [0.29, 0.717) is 6.54 Å². The van der Waals surface area contributed by atoms with E-state index in [1.807, 2.05) is 0 Å². The van der Waals surface area contributed by atoms with E-state index >= 15 is 0 Å². The van der Waals surface area contributed by atoms with Gasteiger partial charge in [0.15, 0.2) is 0 Å². The van der Waals surface area contributed by atoms with Crippen molar-refractivity contribution in [1.82, 2.24) is 10.2 Å². The second-order valence-corrected chi connectivity index (χ2v) is 5.88. The summed E-state index contributed by atoms with van der Waals surface area (Å²) >= 11 is 0. The highest BCUT2D eigenvalue weighted by Gasteiger charge is 2.54. The average Bonchev–Trinajstić information content (AvgIpc) is 2.34. The molecule has 2 amide bonds. The Morgan fingerprint density at radius 2 is 1.89 bits per heavy atom. The minimum atomic E-state index is -0.803. The predicted octanol–water partition coefficient (Wildman–Crippen LogP) is 1.61. The van der Waals surface area contributed by atoms with Crippen molar-refractivity contribution in [1.29, 1.82) is 0 Å². The van der Waals surface area contributed by atoms with Crippen molar-refractivity contribution in [3.8, 4) is 0 Å². The fourth-order valence-electron chi connectivity index (χ4n) is 3.13. The number of nitrogens with one attached hydrogen (secondary N) is 1. The van der Waals surface area contributed by atoms with Gasteiger partial charge in [-0.3, -0.25) is 9.59 Å². The maximum absolute atomic E-state index is 12.5. The first-order valence-electron chi connectivity index (χ1n) is 6.70. The Balaban J connectivity index is 2.39. The topological polar surface area (TPSA) is 49.4 Å². The molecule has 1 aliphatic carbocycles. The standard InChI is InChI=1S/C14H22N2O2/c1-4-10-16-12(18)13(2,3)15-11(17)14(16)8-6-5-7-9-14/h4H,1,5-10H2,2-3H3,(H,15,17). The summed E-state index contributed by atoms with van der Waals surface area (Å²) in [5.74, 6) is 0.0116. The molecule has 0 radical (unpaired) electrons. The Morgan fingerprint density at radius 3 is 2.44 bits per heavy atom. The molecule has 0 aromatic carbocycles. The van der Waals surface area contributed by atoms with E-state index in [2.05, 4.69) is 11.9 Å². The van der Waals surface area contributed by atoms with Crippen LogP contribution in [0.5, 0.6) is 0 Å². The predicted molar refractivity (Wildman–Crippen MR) is 69.9 cm³/mol. The molecule has 4 nitrogen and oxygen atoms in total. The molecular weight excluding hydrogens is 228 g/mol. The van der Waals surface area contributed by atoms with E-state index < -0.39 is 11.1 Å². The molecule has 0 bridgehead atoms. The van der Waals surface area contributed by atoms with Gasteiger partial charge in [-0.1, -0.05) is 25.3 Å². The third kappa shape index (κ3) is 1.84. The van der Waals surface area contributed by atoms with Crippen molar-refractivity contribution in [3.63, 3.8) is 0 Å². The van der Waals surface area contributed by atoms with Gasteiger partial charge in [0, 0.05) is 6.54 Å². The van der Waals surface area contributed by atoms with Crippen LogP contribution in [-0.4, -0.2) is 34.3 Å². The lowest BCUT2D eigenvalue weighted by atomic mass is 9.76. The van der Waals surface area contributed by atoms with Crippen LogP contribution in [0.2, 0.25) is 0 Å². The van der Waals surface area contributed by atoms with Crippen LogP contribution in [-0.2, 0) is 9.59 Å². The second kappa shape index (κ2) is 4.41. The number of carbonyl (C=O) groups is 2. The number of carbonyl (C=O) groups excluding carboxylic acids is 2. The van der Waals surface area contributed by atoms with Crippen molar-refractivity contribution in [2.24, 2.45) is 0 Å². The molecule has 18 heavy (non-hydrogen) atoms. The maximum Gasteiger partial charge on any atom is 0.248 e. The van der Waals surface area contributed by atoms with E-state index in [0.717, 1.165) is 32.1 Å². The molecule has 0 aromatic heterocycles. The Morgan fingerprint density at radius 1 is 1.28 bits per heavy atom. The molecule has 100 valence electrons. The molecule has 1 saturated heterocycles. The SMILES string of the molecule is C=CCN1C(=O)C(C)(C)NC(=O)C12CCCCC2. The van der Waals surface area contributed by atoms with Gasteiger partial charge in [0.25, 0.3) is 0 Å². The zero-order valence-corrected chi connectivity index (χ0v) is 11.3. The van der Waals surface area contributed by atoms with Crippen LogP contribution < -0.4 is 5.32 Å². The minimum absolute atomic E-state index is 0.00361. The van der Waals surface area contributed by atoms with E-state index in [1.54, 1.807) is 24.8 Å². The summed E-state index contributed by atoms with van der Waals surface area (Å²) in [5.41, 5.74) is -1.43. The van der Waals surface area contributed by atoms with Crippen LogP contribution in [0.1, 0.15) is 46.0 Å². The fraction of sp³-hybridized carbons (Fsp3) is 0.714. The largest absolute Gasteiger partial charge is 0.340 e. The zero-order chi connectivity index (χ0) is 13.4. The molecule has 0 unspecified atom stereocenters. The maximum atomic E-state index is 12.5. The monoisotopic (exact) mass is 250 g/mol. The Hall–Kier alpha value is -1.32. The first kappa shape index (κ1) is 13.1. The third-order valence-electron chi connectivity index (χ3n) is 4.14. The van der Waals surface area contributed by atoms with Crippen LogP contribution in [0, 0.1) is 0 Å². The second-order valence-electron chi connectivity index (χ2n) is 5.88. The van der Waals surface area contributed by atoms with Gasteiger partial charge in [0.05, 0.1) is 0 Å². The van der Waals surface area contributed by atoms with E-state index in [9.17, 15) is 9.59 Å². The Bertz CT molecular complexity index is 381. The molecule has 1 saturated carbocycles. The van der Waals surface area contributed by atoms with Crippen LogP contribution >= 0.6 is 0 Å². The molecule has 1 spiro atoms. The number of rotatable bonds is 2. The number of amides is 2. The Kier molecular flexibility index (Phi) is 3.21. The summed E-state index contributed by atoms with van der Waals surface area (Å²) in [7, 11) is 0. The molecule has 0 atom stereocenters.